The lowest BCUT2D eigenvalue weighted by atomic mass is 10.1. The van der Waals surface area contributed by atoms with Crippen LogP contribution < -0.4 is 4.74 Å². The van der Waals surface area contributed by atoms with Crippen molar-refractivity contribution in [3.8, 4) is 5.75 Å². The van der Waals surface area contributed by atoms with Gasteiger partial charge in [0.2, 0.25) is 0 Å². The predicted octanol–water partition coefficient (Wildman–Crippen LogP) is 3.24. The first-order valence-corrected chi connectivity index (χ1v) is 5.41. The molecule has 3 nitrogen and oxygen atoms in total. The number of benzene rings is 1. The van der Waals surface area contributed by atoms with E-state index in [4.69, 9.17) is 9.84 Å². The number of rotatable bonds is 3. The second-order valence-electron chi connectivity index (χ2n) is 3.57. The topological polar surface area (TPSA) is 46.5 Å². The van der Waals surface area contributed by atoms with Crippen LogP contribution in [0.15, 0.2) is 16.6 Å². The number of hydrogen-bond donors (Lipinski definition) is 1. The van der Waals surface area contributed by atoms with Gasteiger partial charge in [0.05, 0.1) is 6.10 Å². The molecule has 0 heterocycles. The van der Waals surface area contributed by atoms with Crippen LogP contribution in [0.5, 0.6) is 5.75 Å². The summed E-state index contributed by atoms with van der Waals surface area (Å²) >= 11 is 3.26. The molecule has 4 heteroatoms. The van der Waals surface area contributed by atoms with Crippen LogP contribution in [-0.2, 0) is 0 Å². The predicted molar refractivity (Wildman–Crippen MR) is 61.6 cm³/mol. The normalized spacial score (nSPS) is 10.5. The van der Waals surface area contributed by atoms with E-state index in [-0.39, 0.29) is 11.7 Å². The fourth-order valence-corrected chi connectivity index (χ4v) is 1.85. The van der Waals surface area contributed by atoms with Gasteiger partial charge in [0, 0.05) is 4.47 Å². The summed E-state index contributed by atoms with van der Waals surface area (Å²) in [5.74, 6) is -0.532. The maximum absolute atomic E-state index is 11.0. The lowest BCUT2D eigenvalue weighted by molar-refractivity contribution is 0.0690. The molecule has 0 saturated heterocycles. The number of carboxylic acids is 1. The molecule has 1 aromatic rings. The van der Waals surface area contributed by atoms with E-state index in [0.717, 1.165) is 10.0 Å². The maximum atomic E-state index is 11.0. The average Bonchev–Trinajstić information content (AvgIpc) is 2.08. The number of aryl methyl sites for hydroxylation is 1. The second kappa shape index (κ2) is 4.66. The van der Waals surface area contributed by atoms with Crippen molar-refractivity contribution in [2.45, 2.75) is 26.9 Å². The Labute approximate surface area is 97.2 Å². The molecule has 0 unspecified atom stereocenters. The Morgan fingerprint density at radius 2 is 2.07 bits per heavy atom. The molecule has 1 N–H and O–H groups in total. The van der Waals surface area contributed by atoms with Crippen molar-refractivity contribution in [2.24, 2.45) is 0 Å². The molecular formula is C11H13BrO3. The van der Waals surface area contributed by atoms with Crippen LogP contribution in [0.25, 0.3) is 0 Å². The molecule has 0 aliphatic rings. The van der Waals surface area contributed by atoms with Crippen LogP contribution >= 0.6 is 15.9 Å². The van der Waals surface area contributed by atoms with E-state index >= 15 is 0 Å². The Morgan fingerprint density at radius 3 is 2.53 bits per heavy atom. The molecule has 0 spiro atoms. The molecule has 1 aromatic carbocycles. The van der Waals surface area contributed by atoms with Crippen molar-refractivity contribution in [1.29, 1.82) is 0 Å². The average molecular weight is 273 g/mol. The molecule has 0 amide bonds. The zero-order valence-electron chi connectivity index (χ0n) is 8.87. The van der Waals surface area contributed by atoms with Gasteiger partial charge in [-0.25, -0.2) is 4.79 Å². The molecule has 0 atom stereocenters. The lowest BCUT2D eigenvalue weighted by Gasteiger charge is -2.15. The van der Waals surface area contributed by atoms with Crippen LogP contribution in [0.4, 0.5) is 0 Å². The minimum absolute atomic E-state index is 0.0389. The van der Waals surface area contributed by atoms with Gasteiger partial charge >= 0.3 is 5.97 Å². The molecule has 0 fully saturated rings. The highest BCUT2D eigenvalue weighted by Crippen LogP contribution is 2.28. The number of carboxylic acid groups (broad SMARTS) is 1. The van der Waals surface area contributed by atoms with Crippen molar-refractivity contribution in [3.63, 3.8) is 0 Å². The summed E-state index contributed by atoms with van der Waals surface area (Å²) in [6, 6.07) is 3.39. The van der Waals surface area contributed by atoms with E-state index in [9.17, 15) is 4.79 Å². The van der Waals surface area contributed by atoms with Crippen LogP contribution in [-0.4, -0.2) is 17.2 Å². The van der Waals surface area contributed by atoms with Crippen LogP contribution in [0.1, 0.15) is 29.8 Å². The lowest BCUT2D eigenvalue weighted by Crippen LogP contribution is -2.11. The van der Waals surface area contributed by atoms with Gasteiger partial charge in [0.25, 0.3) is 0 Å². The highest BCUT2D eigenvalue weighted by Gasteiger charge is 2.15. The molecule has 0 saturated carbocycles. The Bertz CT molecular complexity index is 386. The van der Waals surface area contributed by atoms with Gasteiger partial charge in [-0.15, -0.1) is 0 Å². The summed E-state index contributed by atoms with van der Waals surface area (Å²) in [6.07, 6.45) is -0.0389. The van der Waals surface area contributed by atoms with Gasteiger partial charge in [-0.1, -0.05) is 15.9 Å². The van der Waals surface area contributed by atoms with Crippen molar-refractivity contribution in [2.75, 3.05) is 0 Å². The van der Waals surface area contributed by atoms with Crippen LogP contribution in [0.2, 0.25) is 0 Å². The summed E-state index contributed by atoms with van der Waals surface area (Å²) in [7, 11) is 0. The number of aromatic carboxylic acids is 1. The molecule has 15 heavy (non-hydrogen) atoms. The molecule has 0 aliphatic heterocycles. The molecule has 0 aliphatic carbocycles. The summed E-state index contributed by atoms with van der Waals surface area (Å²) in [6.45, 7) is 5.56. The first kappa shape index (κ1) is 12.0. The van der Waals surface area contributed by atoms with E-state index in [0.29, 0.717) is 5.75 Å². The summed E-state index contributed by atoms with van der Waals surface area (Å²) in [4.78, 5) is 11.0. The van der Waals surface area contributed by atoms with Crippen molar-refractivity contribution in [3.05, 3.63) is 27.7 Å². The number of halogens is 1. The SMILES string of the molecule is Cc1cc(Br)cc(C(=O)O)c1OC(C)C. The Kier molecular flexibility index (Phi) is 3.74. The van der Waals surface area contributed by atoms with Gasteiger partial charge in [-0.05, 0) is 38.5 Å². The summed E-state index contributed by atoms with van der Waals surface area (Å²) in [5.41, 5.74) is 1.01. The van der Waals surface area contributed by atoms with Crippen molar-refractivity contribution in [1.82, 2.24) is 0 Å². The van der Waals surface area contributed by atoms with Gasteiger partial charge in [0.15, 0.2) is 0 Å². The third kappa shape index (κ3) is 2.96. The Morgan fingerprint density at radius 1 is 1.47 bits per heavy atom. The second-order valence-corrected chi connectivity index (χ2v) is 4.49. The van der Waals surface area contributed by atoms with Gasteiger partial charge in [-0.3, -0.25) is 0 Å². The van der Waals surface area contributed by atoms with E-state index < -0.39 is 5.97 Å². The zero-order valence-corrected chi connectivity index (χ0v) is 10.5. The molecule has 1 rings (SSSR count). The zero-order chi connectivity index (χ0) is 11.6. The van der Waals surface area contributed by atoms with Gasteiger partial charge in [0.1, 0.15) is 11.3 Å². The quantitative estimate of drug-likeness (QED) is 0.919. The Balaban J connectivity index is 3.27. The van der Waals surface area contributed by atoms with Crippen molar-refractivity contribution >= 4 is 21.9 Å². The molecule has 0 aromatic heterocycles. The minimum Gasteiger partial charge on any atom is -0.490 e. The third-order valence-electron chi connectivity index (χ3n) is 1.82. The highest BCUT2D eigenvalue weighted by atomic mass is 79.9. The fraction of sp³-hybridized carbons (Fsp3) is 0.364. The van der Waals surface area contributed by atoms with Gasteiger partial charge < -0.3 is 9.84 Å². The number of carbonyl (C=O) groups is 1. The first-order chi connectivity index (χ1) is 6.91. The number of ether oxygens (including phenoxy) is 1. The van der Waals surface area contributed by atoms with E-state index in [2.05, 4.69) is 15.9 Å². The summed E-state index contributed by atoms with van der Waals surface area (Å²) < 4.78 is 6.23. The summed E-state index contributed by atoms with van der Waals surface area (Å²) in [5, 5.41) is 9.03. The van der Waals surface area contributed by atoms with Crippen LogP contribution in [0.3, 0.4) is 0 Å². The van der Waals surface area contributed by atoms with Gasteiger partial charge in [-0.2, -0.15) is 0 Å². The molecular weight excluding hydrogens is 260 g/mol. The first-order valence-electron chi connectivity index (χ1n) is 4.62. The molecule has 0 bridgehead atoms. The third-order valence-corrected chi connectivity index (χ3v) is 2.28. The van der Waals surface area contributed by atoms with Crippen molar-refractivity contribution < 1.29 is 14.6 Å². The van der Waals surface area contributed by atoms with E-state index in [1.165, 1.54) is 0 Å². The minimum atomic E-state index is -0.977. The van der Waals surface area contributed by atoms with E-state index in [1.807, 2.05) is 26.8 Å². The molecule has 82 valence electrons. The smallest absolute Gasteiger partial charge is 0.339 e. The number of hydrogen-bond acceptors (Lipinski definition) is 2. The largest absolute Gasteiger partial charge is 0.490 e. The molecule has 0 radical (unpaired) electrons. The van der Waals surface area contributed by atoms with Crippen LogP contribution in [0, 0.1) is 6.92 Å². The monoisotopic (exact) mass is 272 g/mol. The highest BCUT2D eigenvalue weighted by molar-refractivity contribution is 9.10. The maximum Gasteiger partial charge on any atom is 0.339 e. The standard InChI is InChI=1S/C11H13BrO3/c1-6(2)15-10-7(3)4-8(12)5-9(10)11(13)14/h4-6H,1-3H3,(H,13,14). The Hall–Kier alpha value is -1.03. The fourth-order valence-electron chi connectivity index (χ4n) is 1.28. The van der Waals surface area contributed by atoms with E-state index in [1.54, 1.807) is 6.07 Å².